The van der Waals surface area contributed by atoms with Crippen molar-refractivity contribution in [3.05, 3.63) is 47.1 Å². The Morgan fingerprint density at radius 3 is 2.44 bits per heavy atom. The molecule has 5 rings (SSSR count). The summed E-state index contributed by atoms with van der Waals surface area (Å²) in [7, 11) is -3.80. The van der Waals surface area contributed by atoms with E-state index in [9.17, 15) is 13.2 Å². The van der Waals surface area contributed by atoms with Gasteiger partial charge in [0.05, 0.1) is 11.5 Å². The summed E-state index contributed by atoms with van der Waals surface area (Å²) in [4.78, 5) is 19.7. The highest BCUT2D eigenvalue weighted by Crippen LogP contribution is 2.37. The maximum Gasteiger partial charge on any atom is 0.300 e. The molecular formula is C25H31ClF2N6O4S. The average Bonchev–Trinajstić information content (AvgIpc) is 3.26. The molecule has 3 atom stereocenters. The summed E-state index contributed by atoms with van der Waals surface area (Å²) in [6, 6.07) is 8.34. The lowest BCUT2D eigenvalue weighted by Gasteiger charge is -2.36. The van der Waals surface area contributed by atoms with Gasteiger partial charge in [0.25, 0.3) is 5.92 Å². The first-order chi connectivity index (χ1) is 18.4. The van der Waals surface area contributed by atoms with E-state index in [1.165, 1.54) is 22.5 Å². The molecule has 2 unspecified atom stereocenters. The van der Waals surface area contributed by atoms with Gasteiger partial charge in [-0.05, 0) is 43.3 Å². The van der Waals surface area contributed by atoms with E-state index in [4.69, 9.17) is 22.1 Å². The third kappa shape index (κ3) is 5.74. The summed E-state index contributed by atoms with van der Waals surface area (Å²) in [6.07, 6.45) is -1.08. The average molecular weight is 585 g/mol. The summed E-state index contributed by atoms with van der Waals surface area (Å²) < 4.78 is 63.8. The Labute approximate surface area is 231 Å². The number of hydrogen-bond acceptors (Lipinski definition) is 8. The number of alkyl halides is 2. The SMILES string of the molecule is CC1COC(C(F)(F)c2cc(Cl)nc(N3CCN(S(=O)(=O)c4ccc(N5C[C@H](N)CC5=O)cc4)CC3)c2)CN1. The van der Waals surface area contributed by atoms with Crippen molar-refractivity contribution in [1.82, 2.24) is 14.6 Å². The number of amides is 1. The molecule has 0 aliphatic carbocycles. The van der Waals surface area contributed by atoms with Crippen LogP contribution in [0.3, 0.4) is 0 Å². The maximum absolute atomic E-state index is 15.3. The molecule has 1 aromatic heterocycles. The summed E-state index contributed by atoms with van der Waals surface area (Å²) in [5.41, 5.74) is 6.15. The molecule has 4 heterocycles. The first-order valence-electron chi connectivity index (χ1n) is 12.8. The van der Waals surface area contributed by atoms with Gasteiger partial charge in [-0.3, -0.25) is 4.79 Å². The van der Waals surface area contributed by atoms with Crippen LogP contribution < -0.4 is 20.9 Å². The van der Waals surface area contributed by atoms with Crippen molar-refractivity contribution in [2.24, 2.45) is 5.73 Å². The molecule has 1 amide bonds. The number of hydrogen-bond donors (Lipinski definition) is 2. The Bertz CT molecular complexity index is 1320. The van der Waals surface area contributed by atoms with Gasteiger partial charge in [-0.2, -0.15) is 13.1 Å². The van der Waals surface area contributed by atoms with Crippen LogP contribution in [0.25, 0.3) is 0 Å². The van der Waals surface area contributed by atoms with Crippen molar-refractivity contribution in [2.45, 2.75) is 42.4 Å². The van der Waals surface area contributed by atoms with Gasteiger partial charge < -0.3 is 25.6 Å². The molecule has 39 heavy (non-hydrogen) atoms. The fourth-order valence-electron chi connectivity index (χ4n) is 5.03. The molecule has 2 aromatic rings. The molecule has 14 heteroatoms. The second-order valence-electron chi connectivity index (χ2n) is 10.1. The van der Waals surface area contributed by atoms with Crippen LogP contribution in [-0.2, 0) is 25.5 Å². The lowest BCUT2D eigenvalue weighted by molar-refractivity contribution is -0.158. The molecule has 3 aliphatic rings. The monoisotopic (exact) mass is 584 g/mol. The molecular weight excluding hydrogens is 554 g/mol. The van der Waals surface area contributed by atoms with E-state index in [0.717, 1.165) is 6.07 Å². The number of carbonyl (C=O) groups excluding carboxylic acids is 1. The number of halogens is 3. The van der Waals surface area contributed by atoms with Crippen LogP contribution in [0.2, 0.25) is 5.15 Å². The quantitative estimate of drug-likeness (QED) is 0.493. The summed E-state index contributed by atoms with van der Waals surface area (Å²) in [5.74, 6) is -3.14. The van der Waals surface area contributed by atoms with Crippen LogP contribution in [0.15, 0.2) is 41.3 Å². The highest BCUT2D eigenvalue weighted by molar-refractivity contribution is 7.89. The van der Waals surface area contributed by atoms with Crippen molar-refractivity contribution in [2.75, 3.05) is 55.7 Å². The standard InChI is InChI=1S/C25H31ClF2N6O4S/c1-16-15-38-21(13-30-16)25(27,28)17-10-22(26)31-23(11-17)32-6-8-33(9-7-32)39(36,37)20-4-2-19(3-5-20)34-14-18(29)12-24(34)35/h2-5,10-11,16,18,21,30H,6-9,12-15,29H2,1H3/t16?,18-,21?/m1/s1. The van der Waals surface area contributed by atoms with E-state index in [2.05, 4.69) is 10.3 Å². The van der Waals surface area contributed by atoms with Crippen LogP contribution in [0.4, 0.5) is 20.3 Å². The third-order valence-corrected chi connectivity index (χ3v) is 9.38. The number of nitrogens with two attached hydrogens (primary N) is 1. The third-order valence-electron chi connectivity index (χ3n) is 7.27. The van der Waals surface area contributed by atoms with Crippen molar-refractivity contribution < 1.29 is 26.7 Å². The van der Waals surface area contributed by atoms with E-state index in [-0.39, 0.29) is 85.2 Å². The number of benzene rings is 1. The molecule has 0 saturated carbocycles. The number of carbonyl (C=O) groups is 1. The Morgan fingerprint density at radius 2 is 1.85 bits per heavy atom. The molecule has 3 aliphatic heterocycles. The minimum atomic E-state index is -3.80. The van der Waals surface area contributed by atoms with Crippen molar-refractivity contribution in [1.29, 1.82) is 0 Å². The molecule has 10 nitrogen and oxygen atoms in total. The highest BCUT2D eigenvalue weighted by atomic mass is 35.5. The number of aromatic nitrogens is 1. The van der Waals surface area contributed by atoms with E-state index < -0.39 is 22.0 Å². The Kier molecular flexibility index (Phi) is 7.83. The first kappa shape index (κ1) is 28.1. The first-order valence-corrected chi connectivity index (χ1v) is 14.6. The number of piperazine rings is 1. The van der Waals surface area contributed by atoms with Crippen molar-refractivity contribution in [3.8, 4) is 0 Å². The molecule has 0 radical (unpaired) electrons. The van der Waals surface area contributed by atoms with Crippen LogP contribution in [0, 0.1) is 0 Å². The summed E-state index contributed by atoms with van der Waals surface area (Å²) in [6.45, 7) is 3.19. The van der Waals surface area contributed by atoms with E-state index in [1.54, 1.807) is 21.9 Å². The van der Waals surface area contributed by atoms with Gasteiger partial charge in [-0.1, -0.05) is 11.6 Å². The number of ether oxygens (including phenoxy) is 1. The smallest absolute Gasteiger partial charge is 0.300 e. The van der Waals surface area contributed by atoms with Crippen LogP contribution in [-0.4, -0.2) is 87.7 Å². The predicted octanol–water partition coefficient (Wildman–Crippen LogP) is 1.78. The molecule has 1 aromatic carbocycles. The number of rotatable bonds is 6. The highest BCUT2D eigenvalue weighted by Gasteiger charge is 2.45. The largest absolute Gasteiger partial charge is 0.369 e. The van der Waals surface area contributed by atoms with E-state index >= 15 is 8.78 Å². The van der Waals surface area contributed by atoms with Crippen LogP contribution >= 0.6 is 11.6 Å². The van der Waals surface area contributed by atoms with Crippen LogP contribution in [0.5, 0.6) is 0 Å². The lowest BCUT2D eigenvalue weighted by Crippen LogP contribution is -2.51. The van der Waals surface area contributed by atoms with Gasteiger partial charge >= 0.3 is 0 Å². The van der Waals surface area contributed by atoms with Gasteiger partial charge in [0.1, 0.15) is 17.1 Å². The summed E-state index contributed by atoms with van der Waals surface area (Å²) in [5, 5.41) is 2.93. The Balaban J connectivity index is 1.26. The normalized spacial score (nSPS) is 25.4. The number of morpholine rings is 1. The Hall–Kier alpha value is -2.42. The number of sulfonamides is 1. The van der Waals surface area contributed by atoms with Gasteiger partial charge in [0.2, 0.25) is 15.9 Å². The second-order valence-corrected chi connectivity index (χ2v) is 12.5. The van der Waals surface area contributed by atoms with Crippen molar-refractivity contribution >= 4 is 39.0 Å². The van der Waals surface area contributed by atoms with Gasteiger partial charge in [-0.25, -0.2) is 13.4 Å². The molecule has 212 valence electrons. The zero-order valence-electron chi connectivity index (χ0n) is 21.4. The number of anilines is 2. The van der Waals surface area contributed by atoms with Crippen molar-refractivity contribution in [3.63, 3.8) is 0 Å². The second kappa shape index (κ2) is 10.9. The minimum absolute atomic E-state index is 0.00281. The molecule has 0 bridgehead atoms. The lowest BCUT2D eigenvalue weighted by atomic mass is 10.0. The predicted molar refractivity (Wildman–Crippen MR) is 143 cm³/mol. The Morgan fingerprint density at radius 1 is 1.15 bits per heavy atom. The van der Waals surface area contributed by atoms with Crippen LogP contribution in [0.1, 0.15) is 18.9 Å². The zero-order valence-corrected chi connectivity index (χ0v) is 23.0. The maximum atomic E-state index is 15.3. The molecule has 3 fully saturated rings. The molecule has 3 saturated heterocycles. The van der Waals surface area contributed by atoms with E-state index in [1.807, 2.05) is 6.92 Å². The topological polar surface area (TPSA) is 121 Å². The minimum Gasteiger partial charge on any atom is -0.369 e. The number of nitrogens with one attached hydrogen (secondary N) is 1. The fraction of sp³-hybridized carbons (Fsp3) is 0.520. The molecule has 0 spiro atoms. The van der Waals surface area contributed by atoms with Gasteiger partial charge in [0, 0.05) is 69.0 Å². The van der Waals surface area contributed by atoms with E-state index in [0.29, 0.717) is 12.2 Å². The van der Waals surface area contributed by atoms with Gasteiger partial charge in [-0.15, -0.1) is 0 Å². The zero-order chi connectivity index (χ0) is 27.9. The number of nitrogens with zero attached hydrogens (tertiary/aromatic N) is 4. The summed E-state index contributed by atoms with van der Waals surface area (Å²) >= 11 is 6.13. The molecule has 3 N–H and O–H groups in total. The fourth-order valence-corrected chi connectivity index (χ4v) is 6.66. The van der Waals surface area contributed by atoms with Gasteiger partial charge in [0.15, 0.2) is 0 Å². The number of pyridine rings is 1.